The van der Waals surface area contributed by atoms with Gasteiger partial charge in [0.05, 0.1) is 33.0 Å². The van der Waals surface area contributed by atoms with E-state index in [4.69, 9.17) is 24.5 Å². The number of rotatable bonds is 4. The molecular weight excluding hydrogens is 629 g/mol. The summed E-state index contributed by atoms with van der Waals surface area (Å²) >= 11 is 0.986. The summed E-state index contributed by atoms with van der Waals surface area (Å²) in [6.07, 6.45) is 0. The summed E-state index contributed by atoms with van der Waals surface area (Å²) in [5.74, 6) is 1.24. The third kappa shape index (κ3) is 4.08. The van der Waals surface area contributed by atoms with Crippen LogP contribution < -0.4 is 0 Å². The molecule has 0 aliphatic carbocycles. The number of thiophene rings is 1. The zero-order chi connectivity index (χ0) is 43.2. The maximum Gasteiger partial charge on any atom is 0.164 e. The van der Waals surface area contributed by atoms with Crippen LogP contribution in [-0.4, -0.2) is 19.4 Å². The predicted octanol–water partition coefficient (Wildman–Crippen LogP) is 12.1. The minimum absolute atomic E-state index is 0.0171. The fraction of sp³-hybridized carbons (Fsp3) is 0. The maximum absolute atomic E-state index is 9.83. The monoisotopic (exact) mass is 666 g/mol. The molecule has 0 spiro atoms. The first-order valence-electron chi connectivity index (χ1n) is 21.8. The number of nitrogens with zero attached hydrogens (tertiary/aromatic N) is 4. The van der Waals surface area contributed by atoms with Gasteiger partial charge in [-0.25, -0.2) is 15.0 Å². The summed E-state index contributed by atoms with van der Waals surface area (Å²) in [7, 11) is 0. The van der Waals surface area contributed by atoms with Crippen LogP contribution in [0.15, 0.2) is 157 Å². The Morgan fingerprint density at radius 2 is 1.06 bits per heavy atom. The highest BCUT2D eigenvalue weighted by molar-refractivity contribution is 7.25. The van der Waals surface area contributed by atoms with Gasteiger partial charge in [0.15, 0.2) is 17.5 Å². The van der Waals surface area contributed by atoms with Crippen LogP contribution >= 0.6 is 11.3 Å². The summed E-state index contributed by atoms with van der Waals surface area (Å²) in [4.78, 5) is 14.5. The van der Waals surface area contributed by atoms with Crippen molar-refractivity contribution in [2.75, 3.05) is 0 Å². The van der Waals surface area contributed by atoms with E-state index in [1.165, 1.54) is 4.40 Å². The topological polar surface area (TPSA) is 43.1 Å². The van der Waals surface area contributed by atoms with Crippen LogP contribution in [0.5, 0.6) is 0 Å². The quantitative estimate of drug-likeness (QED) is 0.188. The lowest BCUT2D eigenvalue weighted by Gasteiger charge is -2.10. The zero-order valence-electron chi connectivity index (χ0n) is 37.8. The van der Waals surface area contributed by atoms with Crippen molar-refractivity contribution >= 4 is 69.6 Å². The fourth-order valence-corrected chi connectivity index (χ4v) is 7.66. The lowest BCUT2D eigenvalue weighted by Crippen LogP contribution is -2.00. The Hall–Kier alpha value is -6.43. The molecule has 0 unspecified atom stereocenters. The van der Waals surface area contributed by atoms with E-state index in [0.29, 0.717) is 28.6 Å². The Bertz CT molecular complexity index is 3720. The first-order valence-corrected chi connectivity index (χ1v) is 16.6. The van der Waals surface area contributed by atoms with Crippen LogP contribution in [0.1, 0.15) is 16.4 Å². The van der Waals surface area contributed by atoms with Gasteiger partial charge in [-0.05, 0) is 47.4 Å². The molecule has 0 fully saturated rings. The van der Waals surface area contributed by atoms with Gasteiger partial charge in [-0.1, -0.05) is 121 Å². The second kappa shape index (κ2) is 10.5. The van der Waals surface area contributed by atoms with Crippen molar-refractivity contribution in [3.05, 3.63) is 157 Å². The van der Waals surface area contributed by atoms with Gasteiger partial charge in [0, 0.05) is 58.4 Å². The lowest BCUT2D eigenvalue weighted by molar-refractivity contribution is 1.07. The van der Waals surface area contributed by atoms with E-state index in [9.17, 15) is 6.85 Å². The molecule has 7 aromatic carbocycles. The van der Waals surface area contributed by atoms with E-state index in [2.05, 4.69) is 0 Å². The number of aromatic nitrogens is 4. The molecule has 0 radical (unpaired) electrons. The molecule has 5 heteroatoms. The average Bonchev–Trinajstić information content (AvgIpc) is 3.98. The summed E-state index contributed by atoms with van der Waals surface area (Å²) in [6.45, 7) is 0. The fourth-order valence-electron chi connectivity index (χ4n) is 6.69. The van der Waals surface area contributed by atoms with E-state index >= 15 is 0 Å². The molecule has 0 aliphatic rings. The van der Waals surface area contributed by atoms with E-state index in [1.54, 1.807) is 18.2 Å². The van der Waals surface area contributed by atoms with Gasteiger partial charge in [-0.15, -0.1) is 11.3 Å². The smallest absolute Gasteiger partial charge is 0.164 e. The molecule has 4 aromatic heterocycles. The van der Waals surface area contributed by atoms with Gasteiger partial charge in [-0.2, -0.15) is 0 Å². The Balaban J connectivity index is 1.21. The van der Waals surface area contributed by atoms with E-state index < -0.39 is 42.3 Å². The van der Waals surface area contributed by atoms with Crippen molar-refractivity contribution in [1.29, 1.82) is 0 Å². The van der Waals surface area contributed by atoms with Crippen LogP contribution in [0.4, 0.5) is 0 Å². The molecule has 0 saturated heterocycles. The third-order valence-corrected chi connectivity index (χ3v) is 9.99. The molecule has 232 valence electrons. The summed E-state index contributed by atoms with van der Waals surface area (Å²) < 4.78 is 111. The largest absolute Gasteiger partial charge is 0.308 e. The number of benzene rings is 7. The molecule has 50 heavy (non-hydrogen) atoms. The van der Waals surface area contributed by atoms with Crippen molar-refractivity contribution in [2.45, 2.75) is 0 Å². The highest BCUT2D eigenvalue weighted by Crippen LogP contribution is 2.44. The SMILES string of the molecule is [2H]c1c(-c2cccc(-c3nc(-c4ccccc4)nc(-c4ccccc4)n3)c2)c([2H])c2c(sc3c([2H])c4c5c([2H])c([2H])c([2H])c6c7c([2H])c([2H])c([2H])c([2H])c7n(c4c([2H])c32)c65)c1[2H]. The molecule has 11 aromatic rings. The molecule has 11 rings (SSSR count). The van der Waals surface area contributed by atoms with Crippen molar-refractivity contribution in [3.8, 4) is 45.3 Å². The van der Waals surface area contributed by atoms with Crippen LogP contribution in [0.3, 0.4) is 0 Å². The lowest BCUT2D eigenvalue weighted by atomic mass is 10.00. The summed E-state index contributed by atoms with van der Waals surface area (Å²) in [5, 5.41) is 0.423. The van der Waals surface area contributed by atoms with E-state index in [-0.39, 0.29) is 94.0 Å². The van der Waals surface area contributed by atoms with Crippen molar-refractivity contribution in [1.82, 2.24) is 19.4 Å². The molecule has 0 saturated carbocycles. The molecule has 0 atom stereocenters. The van der Waals surface area contributed by atoms with Gasteiger partial charge in [0.2, 0.25) is 0 Å². The van der Waals surface area contributed by atoms with Crippen molar-refractivity contribution < 1.29 is 16.4 Å². The summed E-state index contributed by atoms with van der Waals surface area (Å²) in [6, 6.07) is 21.8. The van der Waals surface area contributed by atoms with E-state index in [1.807, 2.05) is 66.7 Å². The van der Waals surface area contributed by atoms with Crippen LogP contribution in [0, 0.1) is 0 Å². The highest BCUT2D eigenvalue weighted by Gasteiger charge is 2.19. The first kappa shape index (κ1) is 18.4. The molecule has 4 nitrogen and oxygen atoms in total. The van der Waals surface area contributed by atoms with Gasteiger partial charge < -0.3 is 4.40 Å². The Morgan fingerprint density at radius 1 is 0.440 bits per heavy atom. The molecule has 0 bridgehead atoms. The Labute approximate surface area is 307 Å². The molecule has 0 N–H and O–H groups in total. The average molecular weight is 667 g/mol. The van der Waals surface area contributed by atoms with Crippen LogP contribution in [0.2, 0.25) is 0 Å². The minimum Gasteiger partial charge on any atom is -0.308 e. The molecule has 4 heterocycles. The number of fused-ring (bicyclic) bond motifs is 9. The molecule has 0 aliphatic heterocycles. The third-order valence-electron chi connectivity index (χ3n) is 8.97. The number of para-hydroxylation sites is 2. The van der Waals surface area contributed by atoms with Crippen molar-refractivity contribution in [3.63, 3.8) is 0 Å². The van der Waals surface area contributed by atoms with Crippen LogP contribution in [-0.2, 0) is 0 Å². The second-order valence-electron chi connectivity index (χ2n) is 11.9. The zero-order valence-corrected chi connectivity index (χ0v) is 26.6. The normalized spacial score (nSPS) is 15.4. The van der Waals surface area contributed by atoms with Gasteiger partial charge in [0.25, 0.3) is 0 Å². The first-order chi connectivity index (χ1) is 29.8. The van der Waals surface area contributed by atoms with Crippen molar-refractivity contribution in [2.24, 2.45) is 0 Å². The number of hydrogen-bond donors (Lipinski definition) is 0. The maximum atomic E-state index is 9.83. The Morgan fingerprint density at radius 3 is 1.82 bits per heavy atom. The van der Waals surface area contributed by atoms with Gasteiger partial charge in [0.1, 0.15) is 0 Å². The van der Waals surface area contributed by atoms with Gasteiger partial charge in [-0.3, -0.25) is 0 Å². The van der Waals surface area contributed by atoms with Crippen LogP contribution in [0.25, 0.3) is 104 Å². The molecule has 0 amide bonds. The predicted molar refractivity (Wildman–Crippen MR) is 209 cm³/mol. The second-order valence-corrected chi connectivity index (χ2v) is 12.9. The molecular formula is C45H26N4S. The standard InChI is InChI=1S/C45H26N4S/c1-3-11-27(12-4-1)43-46-44(28-13-5-2-6-14-28)48-45(47-43)31-16-9-15-29(23-31)30-21-22-40-36(24-30)37-25-39-35(26-41(37)50-40)34-19-10-18-33-32-17-7-8-20-38(32)49(39)42(33)34/h1-26H/i7D,8D,10D,17D,18D,19D,20D,21D,22D,24D,25D,26D. The van der Waals surface area contributed by atoms with Gasteiger partial charge >= 0.3 is 0 Å². The number of hydrogen-bond acceptors (Lipinski definition) is 4. The Kier molecular flexibility index (Phi) is 3.87. The van der Waals surface area contributed by atoms with E-state index in [0.717, 1.165) is 22.5 Å². The summed E-state index contributed by atoms with van der Waals surface area (Å²) in [5.41, 5.74) is 2.74. The minimum atomic E-state index is -0.549. The highest BCUT2D eigenvalue weighted by atomic mass is 32.1.